The first kappa shape index (κ1) is 18.3. The number of nitrogens with zero attached hydrogens (tertiary/aromatic N) is 1. The minimum atomic E-state index is 0.345. The fraction of sp³-hybridized carbons (Fsp3) is 1.00. The third-order valence-corrected chi connectivity index (χ3v) is 2.59. The van der Waals surface area contributed by atoms with Gasteiger partial charge in [0.1, 0.15) is 0 Å². The number of rotatable bonds is 4. The third-order valence-electron chi connectivity index (χ3n) is 2.59. The standard InChI is InChI=1S/C6H13N.C6H14O.C2H6/c1-2-7-5-3-4-6-7;1-6(2)4-3-5-7;1-2/h2-6H2,1H3;6-7H,3-5H2,1-2H3;1-2H3. The normalized spacial score (nSPS) is 15.2. The van der Waals surface area contributed by atoms with Gasteiger partial charge in [-0.2, -0.15) is 0 Å². The Morgan fingerprint density at radius 3 is 1.81 bits per heavy atom. The summed E-state index contributed by atoms with van der Waals surface area (Å²) in [5, 5.41) is 8.32. The molecule has 0 radical (unpaired) electrons. The first-order valence-electron chi connectivity index (χ1n) is 7.03. The van der Waals surface area contributed by atoms with E-state index in [-0.39, 0.29) is 0 Å². The third kappa shape index (κ3) is 13.9. The zero-order valence-electron chi connectivity index (χ0n) is 12.1. The quantitative estimate of drug-likeness (QED) is 0.800. The average Bonchev–Trinajstić information content (AvgIpc) is 2.82. The smallest absolute Gasteiger partial charge is 0.0431 e. The monoisotopic (exact) mass is 231 g/mol. The molecule has 1 aliphatic heterocycles. The lowest BCUT2D eigenvalue weighted by molar-refractivity contribution is 0.276. The van der Waals surface area contributed by atoms with Crippen molar-refractivity contribution < 1.29 is 5.11 Å². The lowest BCUT2D eigenvalue weighted by Gasteiger charge is -2.08. The van der Waals surface area contributed by atoms with Crippen LogP contribution in [0.15, 0.2) is 0 Å². The Bertz CT molecular complexity index is 109. The van der Waals surface area contributed by atoms with Gasteiger partial charge in [-0.1, -0.05) is 34.6 Å². The van der Waals surface area contributed by atoms with Crippen molar-refractivity contribution in [1.29, 1.82) is 0 Å². The molecule has 0 saturated carbocycles. The molecule has 0 amide bonds. The first-order valence-corrected chi connectivity index (χ1v) is 7.03. The molecule has 0 aromatic heterocycles. The van der Waals surface area contributed by atoms with Crippen LogP contribution in [-0.4, -0.2) is 36.2 Å². The first-order chi connectivity index (χ1) is 7.70. The van der Waals surface area contributed by atoms with Gasteiger partial charge in [0.2, 0.25) is 0 Å². The molecular weight excluding hydrogens is 198 g/mol. The number of hydrogen-bond donors (Lipinski definition) is 1. The Kier molecular flexibility index (Phi) is 17.1. The molecule has 0 unspecified atom stereocenters. The van der Waals surface area contributed by atoms with Crippen LogP contribution >= 0.6 is 0 Å². The van der Waals surface area contributed by atoms with Crippen LogP contribution in [0.2, 0.25) is 0 Å². The van der Waals surface area contributed by atoms with Crippen LogP contribution in [0, 0.1) is 5.92 Å². The summed E-state index contributed by atoms with van der Waals surface area (Å²) in [4.78, 5) is 2.49. The van der Waals surface area contributed by atoms with Crippen molar-refractivity contribution in [3.05, 3.63) is 0 Å². The summed E-state index contributed by atoms with van der Waals surface area (Å²) in [7, 11) is 0. The van der Waals surface area contributed by atoms with Gasteiger partial charge in [0.05, 0.1) is 0 Å². The SMILES string of the molecule is CC.CC(C)CCCO.CCN1CCCC1. The molecule has 1 aliphatic rings. The second kappa shape index (κ2) is 14.9. The number of likely N-dealkylation sites (tertiary alicyclic amines) is 1. The van der Waals surface area contributed by atoms with Crippen molar-refractivity contribution in [3.63, 3.8) is 0 Å². The van der Waals surface area contributed by atoms with Gasteiger partial charge < -0.3 is 10.0 Å². The number of aliphatic hydroxyl groups excluding tert-OH is 1. The summed E-state index contributed by atoms with van der Waals surface area (Å²) in [6, 6.07) is 0. The Balaban J connectivity index is 0. The zero-order valence-corrected chi connectivity index (χ0v) is 12.1. The van der Waals surface area contributed by atoms with E-state index >= 15 is 0 Å². The number of hydrogen-bond acceptors (Lipinski definition) is 2. The Labute approximate surface area is 103 Å². The van der Waals surface area contributed by atoms with Crippen molar-refractivity contribution >= 4 is 0 Å². The van der Waals surface area contributed by atoms with Crippen molar-refractivity contribution in [2.45, 2.75) is 60.3 Å². The van der Waals surface area contributed by atoms with E-state index < -0.39 is 0 Å². The van der Waals surface area contributed by atoms with Gasteiger partial charge in [0.25, 0.3) is 0 Å². The summed E-state index contributed by atoms with van der Waals surface area (Å²) < 4.78 is 0. The van der Waals surface area contributed by atoms with Crippen LogP contribution in [0.1, 0.15) is 60.3 Å². The highest BCUT2D eigenvalue weighted by Crippen LogP contribution is 2.04. The average molecular weight is 231 g/mol. The van der Waals surface area contributed by atoms with Crippen LogP contribution in [0.3, 0.4) is 0 Å². The molecule has 0 spiro atoms. The second-order valence-electron chi connectivity index (χ2n) is 4.40. The maximum absolute atomic E-state index is 8.32. The van der Waals surface area contributed by atoms with E-state index in [1.165, 1.54) is 32.5 Å². The van der Waals surface area contributed by atoms with Crippen LogP contribution in [0.4, 0.5) is 0 Å². The fourth-order valence-corrected chi connectivity index (χ4v) is 1.60. The molecule has 0 aliphatic carbocycles. The molecule has 1 fully saturated rings. The second-order valence-corrected chi connectivity index (χ2v) is 4.40. The molecule has 0 aromatic carbocycles. The predicted molar refractivity (Wildman–Crippen MR) is 73.9 cm³/mol. The highest BCUT2D eigenvalue weighted by atomic mass is 16.2. The van der Waals surface area contributed by atoms with Gasteiger partial charge in [0.15, 0.2) is 0 Å². The number of aliphatic hydroxyl groups is 1. The minimum absolute atomic E-state index is 0.345. The van der Waals surface area contributed by atoms with E-state index in [2.05, 4.69) is 25.7 Å². The van der Waals surface area contributed by atoms with E-state index in [9.17, 15) is 0 Å². The fourth-order valence-electron chi connectivity index (χ4n) is 1.60. The Morgan fingerprint density at radius 2 is 1.62 bits per heavy atom. The van der Waals surface area contributed by atoms with Crippen molar-refractivity contribution in [2.24, 2.45) is 5.92 Å². The Hall–Kier alpha value is -0.0800. The summed E-state index contributed by atoms with van der Waals surface area (Å²) in [6.45, 7) is 14.8. The largest absolute Gasteiger partial charge is 0.396 e. The summed E-state index contributed by atoms with van der Waals surface area (Å²) in [5.74, 6) is 0.743. The summed E-state index contributed by atoms with van der Waals surface area (Å²) >= 11 is 0. The van der Waals surface area contributed by atoms with Crippen molar-refractivity contribution in [3.8, 4) is 0 Å². The molecular formula is C14H33NO. The molecule has 2 heteroatoms. The molecule has 0 aromatic rings. The topological polar surface area (TPSA) is 23.5 Å². The maximum Gasteiger partial charge on any atom is 0.0431 e. The molecule has 0 atom stereocenters. The zero-order chi connectivity index (χ0) is 12.8. The summed E-state index contributed by atoms with van der Waals surface area (Å²) in [6.07, 6.45) is 4.95. The van der Waals surface area contributed by atoms with Gasteiger partial charge in [-0.15, -0.1) is 0 Å². The summed E-state index contributed by atoms with van der Waals surface area (Å²) in [5.41, 5.74) is 0. The van der Waals surface area contributed by atoms with Crippen molar-refractivity contribution in [2.75, 3.05) is 26.2 Å². The Morgan fingerprint density at radius 1 is 1.12 bits per heavy atom. The van der Waals surface area contributed by atoms with Gasteiger partial charge in [-0.3, -0.25) is 0 Å². The molecule has 0 bridgehead atoms. The molecule has 1 saturated heterocycles. The predicted octanol–water partition coefficient (Wildman–Crippen LogP) is 3.54. The molecule has 2 nitrogen and oxygen atoms in total. The highest BCUT2D eigenvalue weighted by molar-refractivity contribution is 4.62. The minimum Gasteiger partial charge on any atom is -0.396 e. The molecule has 100 valence electrons. The maximum atomic E-state index is 8.32. The van der Waals surface area contributed by atoms with Gasteiger partial charge in [-0.25, -0.2) is 0 Å². The van der Waals surface area contributed by atoms with E-state index in [1.54, 1.807) is 0 Å². The molecule has 1 rings (SSSR count). The molecule has 1 N–H and O–H groups in total. The van der Waals surface area contributed by atoms with E-state index in [0.717, 1.165) is 18.8 Å². The van der Waals surface area contributed by atoms with Gasteiger partial charge in [-0.05, 0) is 51.2 Å². The van der Waals surface area contributed by atoms with Gasteiger partial charge >= 0.3 is 0 Å². The van der Waals surface area contributed by atoms with Crippen LogP contribution < -0.4 is 0 Å². The van der Waals surface area contributed by atoms with E-state index in [1.807, 2.05) is 13.8 Å². The van der Waals surface area contributed by atoms with Crippen LogP contribution in [0.5, 0.6) is 0 Å². The van der Waals surface area contributed by atoms with Crippen molar-refractivity contribution in [1.82, 2.24) is 4.90 Å². The lowest BCUT2D eigenvalue weighted by atomic mass is 10.1. The molecule has 16 heavy (non-hydrogen) atoms. The van der Waals surface area contributed by atoms with E-state index in [0.29, 0.717) is 6.61 Å². The van der Waals surface area contributed by atoms with Crippen LogP contribution in [0.25, 0.3) is 0 Å². The van der Waals surface area contributed by atoms with E-state index in [4.69, 9.17) is 5.11 Å². The van der Waals surface area contributed by atoms with Crippen LogP contribution in [-0.2, 0) is 0 Å². The lowest BCUT2D eigenvalue weighted by Crippen LogP contribution is -2.17. The van der Waals surface area contributed by atoms with Gasteiger partial charge in [0, 0.05) is 6.61 Å². The molecule has 1 heterocycles. The highest BCUT2D eigenvalue weighted by Gasteiger charge is 2.06.